The molecule has 50 valence electrons. The van der Waals surface area contributed by atoms with E-state index in [9.17, 15) is 4.79 Å². The summed E-state index contributed by atoms with van der Waals surface area (Å²) in [6.07, 6.45) is 1.29. The highest BCUT2D eigenvalue weighted by Gasteiger charge is 1.93. The van der Waals surface area contributed by atoms with Gasteiger partial charge < -0.3 is 9.63 Å². The third-order valence-electron chi connectivity index (χ3n) is 0.948. The number of hydrogen-bond donors (Lipinski definition) is 1. The van der Waals surface area contributed by atoms with Gasteiger partial charge in [0, 0.05) is 6.07 Å². The van der Waals surface area contributed by atoms with Crippen LogP contribution in [0.4, 0.5) is 0 Å². The van der Waals surface area contributed by atoms with Crippen LogP contribution >= 0.6 is 0 Å². The third-order valence-corrected chi connectivity index (χ3v) is 0.948. The molecule has 0 atom stereocenters. The highest BCUT2D eigenvalue weighted by Crippen LogP contribution is 1.79. The number of aliphatic hydroxyl groups is 1. The minimum Gasteiger partial charge on any atom is -0.394 e. The number of nitrogens with zero attached hydrogens (tertiary/aromatic N) is 1. The van der Waals surface area contributed by atoms with Gasteiger partial charge in [-0.2, -0.15) is 4.74 Å². The fourth-order valence-corrected chi connectivity index (χ4v) is 0.551. The SMILES string of the molecule is O=c1ccon1CCO. The summed E-state index contributed by atoms with van der Waals surface area (Å²) in [5.74, 6) is 0. The monoisotopic (exact) mass is 129 g/mol. The van der Waals surface area contributed by atoms with E-state index in [0.717, 1.165) is 4.74 Å². The van der Waals surface area contributed by atoms with Gasteiger partial charge in [0.25, 0.3) is 5.56 Å². The second kappa shape index (κ2) is 2.50. The Morgan fingerprint density at radius 1 is 1.78 bits per heavy atom. The van der Waals surface area contributed by atoms with Crippen molar-refractivity contribution in [3.05, 3.63) is 22.7 Å². The molecule has 0 saturated heterocycles. The Morgan fingerprint density at radius 2 is 2.56 bits per heavy atom. The molecule has 0 radical (unpaired) electrons. The molecule has 4 nitrogen and oxygen atoms in total. The van der Waals surface area contributed by atoms with Crippen molar-refractivity contribution in [2.24, 2.45) is 0 Å². The van der Waals surface area contributed by atoms with E-state index in [1.165, 1.54) is 12.3 Å². The molecule has 0 fully saturated rings. The second-order valence-electron chi connectivity index (χ2n) is 1.57. The third kappa shape index (κ3) is 1.20. The van der Waals surface area contributed by atoms with Crippen LogP contribution in [0.1, 0.15) is 0 Å². The van der Waals surface area contributed by atoms with Crippen LogP contribution in [0.25, 0.3) is 0 Å². The number of aliphatic hydroxyl groups excluding tert-OH is 1. The normalized spacial score (nSPS) is 9.89. The van der Waals surface area contributed by atoms with Gasteiger partial charge in [0.05, 0.1) is 13.2 Å². The maximum atomic E-state index is 10.6. The predicted octanol–water partition coefficient (Wildman–Crippen LogP) is -0.566. The lowest BCUT2D eigenvalue weighted by Crippen LogP contribution is -2.15. The first kappa shape index (κ1) is 6.10. The molecule has 1 heterocycles. The van der Waals surface area contributed by atoms with Gasteiger partial charge in [-0.05, 0) is 0 Å². The van der Waals surface area contributed by atoms with Crippen molar-refractivity contribution in [3.63, 3.8) is 0 Å². The highest BCUT2D eigenvalue weighted by molar-refractivity contribution is 4.75. The lowest BCUT2D eigenvalue weighted by atomic mass is 10.7. The standard InChI is InChI=1S/C5H7NO3/c7-3-2-6-5(8)1-4-9-6/h1,4,7H,2-3H2. The topological polar surface area (TPSA) is 55.4 Å². The number of hydrogen-bond acceptors (Lipinski definition) is 3. The van der Waals surface area contributed by atoms with Crippen molar-refractivity contribution >= 4 is 0 Å². The van der Waals surface area contributed by atoms with Crippen LogP contribution in [0.15, 0.2) is 21.6 Å². The number of aromatic nitrogens is 1. The summed E-state index contributed by atoms with van der Waals surface area (Å²) >= 11 is 0. The zero-order valence-corrected chi connectivity index (χ0v) is 4.78. The first-order valence-electron chi connectivity index (χ1n) is 2.60. The van der Waals surface area contributed by atoms with Crippen molar-refractivity contribution in [2.45, 2.75) is 6.54 Å². The van der Waals surface area contributed by atoms with Crippen LogP contribution in [0.3, 0.4) is 0 Å². The van der Waals surface area contributed by atoms with Crippen molar-refractivity contribution in [1.29, 1.82) is 0 Å². The van der Waals surface area contributed by atoms with Gasteiger partial charge in [-0.15, -0.1) is 0 Å². The Balaban J connectivity index is 2.81. The predicted molar refractivity (Wildman–Crippen MR) is 30.1 cm³/mol. The molecular formula is C5H7NO3. The zero-order chi connectivity index (χ0) is 6.69. The average Bonchev–Trinajstić information content (AvgIpc) is 2.18. The molecule has 0 amide bonds. The first-order chi connectivity index (χ1) is 4.34. The molecular weight excluding hydrogens is 122 g/mol. The maximum absolute atomic E-state index is 10.6. The molecule has 1 N–H and O–H groups in total. The smallest absolute Gasteiger partial charge is 0.282 e. The van der Waals surface area contributed by atoms with Crippen LogP contribution in [-0.4, -0.2) is 16.5 Å². The second-order valence-corrected chi connectivity index (χ2v) is 1.57. The lowest BCUT2D eigenvalue weighted by Gasteiger charge is -1.91. The van der Waals surface area contributed by atoms with Gasteiger partial charge >= 0.3 is 0 Å². The fourth-order valence-electron chi connectivity index (χ4n) is 0.551. The molecule has 0 aliphatic rings. The summed E-state index contributed by atoms with van der Waals surface area (Å²) in [5, 5.41) is 8.34. The van der Waals surface area contributed by atoms with Crippen LogP contribution in [0.5, 0.6) is 0 Å². The Morgan fingerprint density at radius 3 is 3.00 bits per heavy atom. The largest absolute Gasteiger partial charge is 0.394 e. The van der Waals surface area contributed by atoms with E-state index in [4.69, 9.17) is 5.11 Å². The van der Waals surface area contributed by atoms with Crippen molar-refractivity contribution in [2.75, 3.05) is 6.61 Å². The Labute approximate surface area is 51.3 Å². The van der Waals surface area contributed by atoms with E-state index < -0.39 is 0 Å². The van der Waals surface area contributed by atoms with E-state index in [1.54, 1.807) is 0 Å². The van der Waals surface area contributed by atoms with E-state index in [1.807, 2.05) is 0 Å². The molecule has 1 rings (SSSR count). The average molecular weight is 129 g/mol. The molecule has 0 unspecified atom stereocenters. The van der Waals surface area contributed by atoms with Gasteiger partial charge in [0.15, 0.2) is 0 Å². The first-order valence-corrected chi connectivity index (χ1v) is 2.60. The van der Waals surface area contributed by atoms with Crippen molar-refractivity contribution in [1.82, 2.24) is 4.74 Å². The summed E-state index contributed by atoms with van der Waals surface area (Å²) in [5.41, 5.74) is -0.218. The molecule has 9 heavy (non-hydrogen) atoms. The lowest BCUT2D eigenvalue weighted by molar-refractivity contribution is 0.193. The van der Waals surface area contributed by atoms with Crippen LogP contribution in [0.2, 0.25) is 0 Å². The quantitative estimate of drug-likeness (QED) is 0.582. The number of rotatable bonds is 2. The Kier molecular flexibility index (Phi) is 1.69. The molecule has 0 aromatic carbocycles. The van der Waals surface area contributed by atoms with Gasteiger partial charge in [0.2, 0.25) is 0 Å². The van der Waals surface area contributed by atoms with E-state index in [2.05, 4.69) is 4.52 Å². The fraction of sp³-hybridized carbons (Fsp3) is 0.400. The van der Waals surface area contributed by atoms with E-state index in [0.29, 0.717) is 0 Å². The minimum atomic E-state index is -0.218. The summed E-state index contributed by atoms with van der Waals surface area (Å²) in [6, 6.07) is 1.30. The molecule has 0 spiro atoms. The minimum absolute atomic E-state index is 0.0760. The Hall–Kier alpha value is -1.03. The van der Waals surface area contributed by atoms with Gasteiger partial charge in [-0.1, -0.05) is 0 Å². The molecule has 0 aliphatic carbocycles. The van der Waals surface area contributed by atoms with Crippen LogP contribution in [-0.2, 0) is 6.54 Å². The molecule has 0 bridgehead atoms. The summed E-state index contributed by atoms with van der Waals surface area (Å²) in [7, 11) is 0. The van der Waals surface area contributed by atoms with Gasteiger partial charge in [-0.3, -0.25) is 4.79 Å². The summed E-state index contributed by atoms with van der Waals surface area (Å²) in [4.78, 5) is 10.6. The maximum Gasteiger partial charge on any atom is 0.282 e. The molecule has 0 saturated carbocycles. The molecule has 4 heteroatoms. The highest BCUT2D eigenvalue weighted by atomic mass is 16.5. The van der Waals surface area contributed by atoms with Crippen molar-refractivity contribution < 1.29 is 9.63 Å². The molecule has 0 aliphatic heterocycles. The van der Waals surface area contributed by atoms with Gasteiger partial charge in [-0.25, -0.2) is 0 Å². The van der Waals surface area contributed by atoms with E-state index in [-0.39, 0.29) is 18.7 Å². The summed E-state index contributed by atoms with van der Waals surface area (Å²) in [6.45, 7) is 0.152. The Bertz CT molecular complexity index is 224. The van der Waals surface area contributed by atoms with Crippen molar-refractivity contribution in [3.8, 4) is 0 Å². The zero-order valence-electron chi connectivity index (χ0n) is 4.78. The molecule has 1 aromatic heterocycles. The van der Waals surface area contributed by atoms with Crippen LogP contribution in [0, 0.1) is 0 Å². The van der Waals surface area contributed by atoms with E-state index >= 15 is 0 Å². The molecule has 1 aromatic rings. The van der Waals surface area contributed by atoms with Crippen LogP contribution < -0.4 is 5.56 Å². The van der Waals surface area contributed by atoms with Gasteiger partial charge in [0.1, 0.15) is 6.26 Å². The summed E-state index contributed by atoms with van der Waals surface area (Å²) < 4.78 is 5.73.